The van der Waals surface area contributed by atoms with Crippen molar-refractivity contribution in [1.29, 1.82) is 0 Å². The second-order valence-electron chi connectivity index (χ2n) is 5.39. The number of hydrogen-bond donors (Lipinski definition) is 2. The maximum Gasteiger partial charge on any atom is 0.240 e. The number of nitrogens with one attached hydrogen (secondary N) is 1. The van der Waals surface area contributed by atoms with E-state index in [-0.39, 0.29) is 24.1 Å². The van der Waals surface area contributed by atoms with Gasteiger partial charge in [-0.05, 0) is 43.2 Å². The molecule has 22 heavy (non-hydrogen) atoms. The number of rotatable bonds is 5. The summed E-state index contributed by atoms with van der Waals surface area (Å²) < 4.78 is 14.6. The third kappa shape index (κ3) is 3.64. The molecule has 0 aliphatic heterocycles. The van der Waals surface area contributed by atoms with Gasteiger partial charge in [0, 0.05) is 19.2 Å². The Labute approximate surface area is 134 Å². The summed E-state index contributed by atoms with van der Waals surface area (Å²) in [5, 5.41) is 7.22. The molecule has 1 aromatic carbocycles. The number of carbonyl (C=O) groups excluding carboxylic acids is 1. The normalized spacial score (nSPS) is 15.0. The molecule has 3 rings (SSSR count). The van der Waals surface area contributed by atoms with Crippen molar-refractivity contribution in [2.24, 2.45) is 5.73 Å². The molecular formula is C15H18ClFN4O. The Morgan fingerprint density at radius 1 is 1.32 bits per heavy atom. The van der Waals surface area contributed by atoms with E-state index >= 15 is 0 Å². The molecule has 5 nitrogen and oxygen atoms in total. The Morgan fingerprint density at radius 2 is 2.00 bits per heavy atom. The Balaban J connectivity index is 0.00000176. The van der Waals surface area contributed by atoms with E-state index in [9.17, 15) is 9.18 Å². The number of benzene rings is 1. The molecule has 0 atom stereocenters. The minimum Gasteiger partial charge on any atom is -0.354 e. The quantitative estimate of drug-likeness (QED) is 0.877. The summed E-state index contributed by atoms with van der Waals surface area (Å²) >= 11 is 0. The van der Waals surface area contributed by atoms with E-state index in [4.69, 9.17) is 5.73 Å². The highest BCUT2D eigenvalue weighted by Crippen LogP contribution is 2.31. The van der Waals surface area contributed by atoms with Gasteiger partial charge in [-0.2, -0.15) is 5.10 Å². The number of hydrogen-bond acceptors (Lipinski definition) is 3. The molecule has 0 spiro atoms. The summed E-state index contributed by atoms with van der Waals surface area (Å²) in [5.74, 6) is -0.356. The lowest BCUT2D eigenvalue weighted by Crippen LogP contribution is -2.43. The molecule has 1 aliphatic rings. The van der Waals surface area contributed by atoms with Crippen molar-refractivity contribution >= 4 is 18.3 Å². The molecule has 1 fully saturated rings. The van der Waals surface area contributed by atoms with Gasteiger partial charge in [-0.25, -0.2) is 9.07 Å². The standard InChI is InChI=1S/C15H17FN4O.ClH/c16-11-1-3-13(4-2-11)20-10-6-12(19-20)5-9-18-14(21)15(17)7-8-15;/h1-4,6,10H,5,7-9,17H2,(H,18,21);1H. The van der Waals surface area contributed by atoms with Gasteiger partial charge >= 0.3 is 0 Å². The zero-order valence-electron chi connectivity index (χ0n) is 12.0. The first-order chi connectivity index (χ1) is 10.1. The first kappa shape index (κ1) is 16.5. The van der Waals surface area contributed by atoms with Crippen LogP contribution in [0, 0.1) is 5.82 Å². The van der Waals surface area contributed by atoms with Crippen LogP contribution in [0.25, 0.3) is 5.69 Å². The van der Waals surface area contributed by atoms with E-state index in [2.05, 4.69) is 10.4 Å². The van der Waals surface area contributed by atoms with Crippen LogP contribution >= 0.6 is 12.4 Å². The van der Waals surface area contributed by atoms with Gasteiger partial charge in [0.25, 0.3) is 0 Å². The molecule has 1 saturated carbocycles. The number of nitrogens with zero attached hydrogens (tertiary/aromatic N) is 2. The van der Waals surface area contributed by atoms with Gasteiger partial charge in [0.1, 0.15) is 5.82 Å². The maximum atomic E-state index is 12.9. The van der Waals surface area contributed by atoms with Gasteiger partial charge in [0.05, 0.1) is 16.9 Å². The van der Waals surface area contributed by atoms with Crippen LogP contribution in [0.1, 0.15) is 18.5 Å². The largest absolute Gasteiger partial charge is 0.354 e. The van der Waals surface area contributed by atoms with E-state index < -0.39 is 5.54 Å². The van der Waals surface area contributed by atoms with Gasteiger partial charge < -0.3 is 11.1 Å². The molecule has 0 unspecified atom stereocenters. The number of carbonyl (C=O) groups is 1. The van der Waals surface area contributed by atoms with Crippen LogP contribution in [0.5, 0.6) is 0 Å². The van der Waals surface area contributed by atoms with E-state index in [1.54, 1.807) is 16.8 Å². The van der Waals surface area contributed by atoms with Crippen molar-refractivity contribution in [1.82, 2.24) is 15.1 Å². The molecule has 1 aliphatic carbocycles. The average molecular weight is 325 g/mol. The maximum absolute atomic E-state index is 12.9. The van der Waals surface area contributed by atoms with Gasteiger partial charge in [-0.3, -0.25) is 4.79 Å². The van der Waals surface area contributed by atoms with Gasteiger partial charge in [-0.15, -0.1) is 12.4 Å². The summed E-state index contributed by atoms with van der Waals surface area (Å²) in [6.45, 7) is 0.512. The topological polar surface area (TPSA) is 72.9 Å². The van der Waals surface area contributed by atoms with Crippen molar-refractivity contribution in [3.63, 3.8) is 0 Å². The van der Waals surface area contributed by atoms with Gasteiger partial charge in [-0.1, -0.05) is 0 Å². The number of halogens is 2. The smallest absolute Gasteiger partial charge is 0.240 e. The van der Waals surface area contributed by atoms with Crippen LogP contribution in [0.4, 0.5) is 4.39 Å². The molecule has 3 N–H and O–H groups in total. The predicted molar refractivity (Wildman–Crippen MR) is 83.6 cm³/mol. The van der Waals surface area contributed by atoms with E-state index in [0.29, 0.717) is 13.0 Å². The Bertz CT molecular complexity index is 652. The van der Waals surface area contributed by atoms with Crippen LogP contribution < -0.4 is 11.1 Å². The van der Waals surface area contributed by atoms with Crippen molar-refractivity contribution in [2.45, 2.75) is 24.8 Å². The summed E-state index contributed by atoms with van der Waals surface area (Å²) in [6, 6.07) is 8.00. The highest BCUT2D eigenvalue weighted by atomic mass is 35.5. The fourth-order valence-electron chi connectivity index (χ4n) is 2.07. The Kier molecular flexibility index (Phi) is 4.83. The fraction of sp³-hybridized carbons (Fsp3) is 0.333. The first-order valence-electron chi connectivity index (χ1n) is 6.94. The lowest BCUT2D eigenvalue weighted by Gasteiger charge is -2.08. The highest BCUT2D eigenvalue weighted by molar-refractivity contribution is 5.88. The third-order valence-corrected chi connectivity index (χ3v) is 3.64. The molecule has 1 heterocycles. The SMILES string of the molecule is Cl.NC1(C(=O)NCCc2ccn(-c3ccc(F)cc3)n2)CC1. The Hall–Kier alpha value is -1.92. The Morgan fingerprint density at radius 3 is 2.64 bits per heavy atom. The highest BCUT2D eigenvalue weighted by Gasteiger charge is 2.45. The van der Waals surface area contributed by atoms with Crippen LogP contribution in [-0.4, -0.2) is 27.8 Å². The molecule has 7 heteroatoms. The van der Waals surface area contributed by atoms with E-state index in [1.165, 1.54) is 12.1 Å². The zero-order chi connectivity index (χ0) is 14.9. The van der Waals surface area contributed by atoms with E-state index in [0.717, 1.165) is 24.2 Å². The minimum atomic E-state index is -0.631. The molecular weight excluding hydrogens is 307 g/mol. The second-order valence-corrected chi connectivity index (χ2v) is 5.39. The predicted octanol–water partition coefficient (Wildman–Crippen LogP) is 1.58. The molecule has 0 bridgehead atoms. The summed E-state index contributed by atoms with van der Waals surface area (Å²) in [5.41, 5.74) is 6.83. The summed E-state index contributed by atoms with van der Waals surface area (Å²) in [6.07, 6.45) is 3.97. The van der Waals surface area contributed by atoms with Gasteiger partial charge in [0.15, 0.2) is 0 Å². The van der Waals surface area contributed by atoms with Crippen LogP contribution in [-0.2, 0) is 11.2 Å². The number of amides is 1. The van der Waals surface area contributed by atoms with Gasteiger partial charge in [0.2, 0.25) is 5.91 Å². The van der Waals surface area contributed by atoms with Crippen LogP contribution in [0.15, 0.2) is 36.5 Å². The monoisotopic (exact) mass is 324 g/mol. The zero-order valence-corrected chi connectivity index (χ0v) is 12.8. The van der Waals surface area contributed by atoms with Crippen LogP contribution in [0.2, 0.25) is 0 Å². The van der Waals surface area contributed by atoms with Crippen LogP contribution in [0.3, 0.4) is 0 Å². The van der Waals surface area contributed by atoms with Crippen molar-refractivity contribution in [2.75, 3.05) is 6.54 Å². The van der Waals surface area contributed by atoms with Crippen molar-refractivity contribution in [3.05, 3.63) is 48.0 Å². The fourth-order valence-corrected chi connectivity index (χ4v) is 2.07. The molecule has 1 amide bonds. The third-order valence-electron chi connectivity index (χ3n) is 3.64. The molecule has 1 aromatic heterocycles. The number of nitrogens with two attached hydrogens (primary N) is 1. The first-order valence-corrected chi connectivity index (χ1v) is 6.94. The average Bonchev–Trinajstić information content (AvgIpc) is 3.06. The minimum absolute atomic E-state index is 0. The van der Waals surface area contributed by atoms with Crippen molar-refractivity contribution < 1.29 is 9.18 Å². The molecule has 0 saturated heterocycles. The van der Waals surface area contributed by atoms with Crippen molar-refractivity contribution in [3.8, 4) is 5.69 Å². The van der Waals surface area contributed by atoms with E-state index in [1.807, 2.05) is 12.3 Å². The molecule has 2 aromatic rings. The lowest BCUT2D eigenvalue weighted by molar-refractivity contribution is -0.123. The summed E-state index contributed by atoms with van der Waals surface area (Å²) in [7, 11) is 0. The second kappa shape index (κ2) is 6.46. The molecule has 0 radical (unpaired) electrons. The summed E-state index contributed by atoms with van der Waals surface area (Å²) in [4.78, 5) is 11.7. The molecule has 118 valence electrons. The lowest BCUT2D eigenvalue weighted by atomic mass is 10.2. The number of aromatic nitrogens is 2.